The molecule has 0 saturated heterocycles. The minimum absolute atomic E-state index is 0. The summed E-state index contributed by atoms with van der Waals surface area (Å²) in [4.78, 5) is 2.27. The van der Waals surface area contributed by atoms with Gasteiger partial charge >= 0.3 is 0 Å². The van der Waals surface area contributed by atoms with Crippen LogP contribution in [-0.2, 0) is 0 Å². The molecule has 20 heavy (non-hydrogen) atoms. The number of unbranched alkanes of at least 4 members (excludes halogenated alkanes) is 9. The summed E-state index contributed by atoms with van der Waals surface area (Å²) in [7, 11) is 4.30. The Morgan fingerprint density at radius 2 is 1.20 bits per heavy atom. The Hall–Kier alpha value is -0.120. The fraction of sp³-hybridized carbons (Fsp3) is 1.00. The molecule has 0 aliphatic carbocycles. The van der Waals surface area contributed by atoms with Crippen LogP contribution >= 0.6 is 0 Å². The number of nitrogens with one attached hydrogen (secondary N) is 1. The van der Waals surface area contributed by atoms with Crippen LogP contribution in [0.2, 0.25) is 0 Å². The molecular formula is C17H40N2O. The molecule has 0 amide bonds. The molecule has 0 radical (unpaired) electrons. The van der Waals surface area contributed by atoms with Gasteiger partial charge in [-0.05, 0) is 33.5 Å². The monoisotopic (exact) mass is 288 g/mol. The normalized spacial score (nSPS) is 12.4. The topological polar surface area (TPSA) is 46.8 Å². The lowest BCUT2D eigenvalue weighted by Gasteiger charge is -2.24. The van der Waals surface area contributed by atoms with Crippen molar-refractivity contribution in [2.75, 3.05) is 20.6 Å². The zero-order valence-corrected chi connectivity index (χ0v) is 14.5. The third-order valence-corrected chi connectivity index (χ3v) is 3.92. The highest BCUT2D eigenvalue weighted by Crippen LogP contribution is 2.10. The first-order valence-electron chi connectivity index (χ1n) is 8.62. The highest BCUT2D eigenvalue weighted by Gasteiger charge is 2.05. The molecule has 0 fully saturated rings. The molecular weight excluding hydrogens is 248 g/mol. The van der Waals surface area contributed by atoms with Crippen LogP contribution in [0.25, 0.3) is 0 Å². The summed E-state index contributed by atoms with van der Waals surface area (Å²) in [5, 5.41) is 3.62. The maximum Gasteiger partial charge on any atom is 0.0589 e. The molecule has 0 aromatic rings. The summed E-state index contributed by atoms with van der Waals surface area (Å²) in [5.41, 5.74) is 0. The van der Waals surface area contributed by atoms with Gasteiger partial charge in [-0.15, -0.1) is 0 Å². The van der Waals surface area contributed by atoms with E-state index in [0.717, 1.165) is 0 Å². The van der Waals surface area contributed by atoms with E-state index in [-0.39, 0.29) is 5.48 Å². The minimum Gasteiger partial charge on any atom is -0.412 e. The van der Waals surface area contributed by atoms with Gasteiger partial charge in [0, 0.05) is 0 Å². The Morgan fingerprint density at radius 1 is 0.750 bits per heavy atom. The first-order chi connectivity index (χ1) is 9.22. The van der Waals surface area contributed by atoms with Crippen LogP contribution in [0, 0.1) is 0 Å². The van der Waals surface area contributed by atoms with Gasteiger partial charge in [0.15, 0.2) is 0 Å². The van der Waals surface area contributed by atoms with Gasteiger partial charge in [-0.3, -0.25) is 4.90 Å². The smallest absolute Gasteiger partial charge is 0.0589 e. The van der Waals surface area contributed by atoms with E-state index < -0.39 is 0 Å². The molecule has 0 aliphatic rings. The van der Waals surface area contributed by atoms with Crippen molar-refractivity contribution in [3.05, 3.63) is 0 Å². The summed E-state index contributed by atoms with van der Waals surface area (Å²) >= 11 is 0. The van der Waals surface area contributed by atoms with Crippen molar-refractivity contribution < 1.29 is 5.48 Å². The lowest BCUT2D eigenvalue weighted by molar-refractivity contribution is 0.238. The van der Waals surface area contributed by atoms with Crippen molar-refractivity contribution >= 4 is 0 Å². The zero-order valence-electron chi connectivity index (χ0n) is 14.5. The zero-order chi connectivity index (χ0) is 14.3. The molecule has 0 aromatic heterocycles. The molecule has 1 atom stereocenters. The van der Waals surface area contributed by atoms with Crippen molar-refractivity contribution in [2.24, 2.45) is 0 Å². The molecule has 3 N–H and O–H groups in total. The first kappa shape index (κ1) is 22.2. The van der Waals surface area contributed by atoms with Crippen LogP contribution in [0.1, 0.15) is 84.5 Å². The van der Waals surface area contributed by atoms with Gasteiger partial charge in [-0.25, -0.2) is 0 Å². The largest absolute Gasteiger partial charge is 0.412 e. The van der Waals surface area contributed by atoms with E-state index in [1.54, 1.807) is 0 Å². The van der Waals surface area contributed by atoms with E-state index >= 15 is 0 Å². The summed E-state index contributed by atoms with van der Waals surface area (Å²) in [5.74, 6) is 0. The van der Waals surface area contributed by atoms with Crippen molar-refractivity contribution in [3.8, 4) is 0 Å². The van der Waals surface area contributed by atoms with Crippen LogP contribution in [-0.4, -0.2) is 37.2 Å². The van der Waals surface area contributed by atoms with Crippen molar-refractivity contribution in [1.82, 2.24) is 10.2 Å². The lowest BCUT2D eigenvalue weighted by atomic mass is 10.1. The van der Waals surface area contributed by atoms with E-state index in [2.05, 4.69) is 38.2 Å². The molecule has 0 spiro atoms. The molecule has 3 heteroatoms. The Balaban J connectivity index is 0. The van der Waals surface area contributed by atoms with Crippen LogP contribution in [0.15, 0.2) is 0 Å². The van der Waals surface area contributed by atoms with E-state index in [4.69, 9.17) is 0 Å². The standard InChI is InChI=1S/C17H38N2.H2O/c1-5-7-8-9-10-11-12-13-14-15-16-18-17(6-2)19(3)4;/h17-18H,5-16H2,1-4H3;1H2. The van der Waals surface area contributed by atoms with Crippen LogP contribution in [0.3, 0.4) is 0 Å². The number of nitrogens with zero attached hydrogens (tertiary/aromatic N) is 1. The summed E-state index contributed by atoms with van der Waals surface area (Å²) in [6, 6.07) is 0. The highest BCUT2D eigenvalue weighted by molar-refractivity contribution is 4.61. The Morgan fingerprint density at radius 3 is 1.60 bits per heavy atom. The molecule has 0 aromatic carbocycles. The Kier molecular flexibility index (Phi) is 18.8. The van der Waals surface area contributed by atoms with Crippen LogP contribution in [0.5, 0.6) is 0 Å². The molecule has 0 saturated carbocycles. The van der Waals surface area contributed by atoms with Crippen molar-refractivity contribution in [3.63, 3.8) is 0 Å². The van der Waals surface area contributed by atoms with Crippen LogP contribution < -0.4 is 5.32 Å². The SMILES string of the molecule is CCCCCCCCCCCCNC(CC)N(C)C.O. The molecule has 1 unspecified atom stereocenters. The van der Waals surface area contributed by atoms with E-state index in [0.29, 0.717) is 6.17 Å². The third-order valence-electron chi connectivity index (χ3n) is 3.92. The molecule has 0 rings (SSSR count). The second kappa shape index (κ2) is 16.9. The second-order valence-electron chi connectivity index (χ2n) is 6.02. The predicted molar refractivity (Wildman–Crippen MR) is 91.2 cm³/mol. The highest BCUT2D eigenvalue weighted by atomic mass is 16.0. The quantitative estimate of drug-likeness (QED) is 0.388. The van der Waals surface area contributed by atoms with E-state index in [9.17, 15) is 0 Å². The van der Waals surface area contributed by atoms with Gasteiger partial charge < -0.3 is 10.8 Å². The maximum atomic E-state index is 3.62. The Bertz CT molecular complexity index is 174. The lowest BCUT2D eigenvalue weighted by Crippen LogP contribution is -2.41. The van der Waals surface area contributed by atoms with Gasteiger partial charge in [0.05, 0.1) is 6.17 Å². The van der Waals surface area contributed by atoms with Crippen molar-refractivity contribution in [1.29, 1.82) is 0 Å². The van der Waals surface area contributed by atoms with Crippen LogP contribution in [0.4, 0.5) is 0 Å². The molecule has 0 bridgehead atoms. The number of hydrogen-bond donors (Lipinski definition) is 1. The average Bonchev–Trinajstić information content (AvgIpc) is 2.40. The van der Waals surface area contributed by atoms with Crippen molar-refractivity contribution in [2.45, 2.75) is 90.6 Å². The molecule has 3 nitrogen and oxygen atoms in total. The maximum absolute atomic E-state index is 3.62. The molecule has 0 heterocycles. The number of rotatable bonds is 14. The number of hydrogen-bond acceptors (Lipinski definition) is 2. The second-order valence-corrected chi connectivity index (χ2v) is 6.02. The van der Waals surface area contributed by atoms with E-state index in [1.165, 1.54) is 77.2 Å². The molecule has 0 aliphatic heterocycles. The van der Waals surface area contributed by atoms with Gasteiger partial charge in [0.1, 0.15) is 0 Å². The van der Waals surface area contributed by atoms with Gasteiger partial charge in [0.25, 0.3) is 0 Å². The fourth-order valence-electron chi connectivity index (χ4n) is 2.57. The third kappa shape index (κ3) is 14.3. The summed E-state index contributed by atoms with van der Waals surface area (Å²) in [6.45, 7) is 5.71. The van der Waals surface area contributed by atoms with Gasteiger partial charge in [-0.2, -0.15) is 0 Å². The van der Waals surface area contributed by atoms with E-state index in [1.807, 2.05) is 0 Å². The minimum atomic E-state index is 0. The van der Waals surface area contributed by atoms with Gasteiger partial charge in [0.2, 0.25) is 0 Å². The average molecular weight is 289 g/mol. The fourth-order valence-corrected chi connectivity index (χ4v) is 2.57. The summed E-state index contributed by atoms with van der Waals surface area (Å²) < 4.78 is 0. The predicted octanol–water partition coefficient (Wildman–Crippen LogP) is 3.97. The van der Waals surface area contributed by atoms with Gasteiger partial charge in [-0.1, -0.05) is 71.6 Å². The summed E-state index contributed by atoms with van der Waals surface area (Å²) in [6.07, 6.45) is 15.9. The first-order valence-corrected chi connectivity index (χ1v) is 8.62. The molecule has 124 valence electrons. The Labute approximate surface area is 127 Å².